The summed E-state index contributed by atoms with van der Waals surface area (Å²) in [7, 11) is 0. The van der Waals surface area contributed by atoms with Crippen LogP contribution in [0.4, 0.5) is 0 Å². The number of carbonyl (C=O) groups is 5. The molecule has 0 rings (SSSR count). The number of Topliss-reactive ketones (excluding diaryl/α,β-unsaturated/α-hetero) is 2. The van der Waals surface area contributed by atoms with Gasteiger partial charge in [0.1, 0.15) is 0 Å². The smallest absolute Gasteiger partial charge is 0.345 e. The van der Waals surface area contributed by atoms with Gasteiger partial charge in [0, 0.05) is 12.8 Å². The molecule has 0 saturated heterocycles. The molecule has 8 nitrogen and oxygen atoms in total. The number of hydrogen-bond donors (Lipinski definition) is 2. The second-order valence-electron chi connectivity index (χ2n) is 19.2. The number of carboxylic acid groups (broad SMARTS) is 2. The van der Waals surface area contributed by atoms with Gasteiger partial charge in [0.2, 0.25) is 6.10 Å². The van der Waals surface area contributed by atoms with Crippen LogP contribution in [0.25, 0.3) is 0 Å². The van der Waals surface area contributed by atoms with Crippen molar-refractivity contribution in [2.24, 2.45) is 5.41 Å². The third kappa shape index (κ3) is 36.1. The van der Waals surface area contributed by atoms with E-state index in [-0.39, 0.29) is 19.3 Å². The molecule has 66 heavy (non-hydrogen) atoms. The quantitative estimate of drug-likeness (QED) is 0.0266. The Morgan fingerprint density at radius 1 is 0.394 bits per heavy atom. The topological polar surface area (TPSA) is 135 Å². The van der Waals surface area contributed by atoms with Crippen molar-refractivity contribution >= 4 is 29.5 Å². The lowest BCUT2D eigenvalue weighted by molar-refractivity contribution is -0.178. The van der Waals surface area contributed by atoms with Crippen LogP contribution in [0.15, 0.2) is 36.5 Å². The standard InChI is InChI=1S/C58H102O8/c1-4-7-10-13-16-19-22-25-28-30-33-36-39-42-45-48-53(59)58(57(65)66-52(56(63)64)51-55(61)62,50-47-44-41-38-35-32-27-24-21-18-15-12-9-6-3)54(60)49-46-43-40-37-34-31-29-26-23-20-17-14-11-8-5-2/h25-29,32,52H,4-24,30-31,33-51H2,1-3H3,(H,61,62)(H,63,64). The summed E-state index contributed by atoms with van der Waals surface area (Å²) in [5.41, 5.74) is -2.13. The minimum absolute atomic E-state index is 0.0193. The average molecular weight is 927 g/mol. The van der Waals surface area contributed by atoms with Crippen LogP contribution in [0.1, 0.15) is 290 Å². The maximum atomic E-state index is 14.4. The van der Waals surface area contributed by atoms with Gasteiger partial charge in [-0.05, 0) is 96.3 Å². The molecule has 0 aromatic heterocycles. The van der Waals surface area contributed by atoms with Crippen LogP contribution in [0.3, 0.4) is 0 Å². The van der Waals surface area contributed by atoms with Crippen LogP contribution >= 0.6 is 0 Å². The van der Waals surface area contributed by atoms with Crippen LogP contribution < -0.4 is 0 Å². The van der Waals surface area contributed by atoms with Crippen molar-refractivity contribution in [2.45, 2.75) is 297 Å². The third-order valence-corrected chi connectivity index (χ3v) is 13.1. The van der Waals surface area contributed by atoms with Gasteiger partial charge >= 0.3 is 17.9 Å². The lowest BCUT2D eigenvalue weighted by atomic mass is 9.71. The van der Waals surface area contributed by atoms with Gasteiger partial charge in [-0.15, -0.1) is 0 Å². The fourth-order valence-electron chi connectivity index (χ4n) is 8.76. The largest absolute Gasteiger partial charge is 0.481 e. The van der Waals surface area contributed by atoms with E-state index >= 15 is 0 Å². The number of allylic oxidation sites excluding steroid dienone is 6. The SMILES string of the molecule is CCCCCCCCC=CCCCCCCCC(=O)C(CCCCCCC=CCCCCCCCC)(C(=O)CCCCCCCC=CCCCCCCCC)C(=O)OC(CC(=O)O)C(=O)O. The first kappa shape index (κ1) is 63.0. The third-order valence-electron chi connectivity index (χ3n) is 13.1. The molecule has 0 aliphatic carbocycles. The summed E-state index contributed by atoms with van der Waals surface area (Å²) in [6.07, 6.45) is 52.0. The Bertz CT molecular complexity index is 1230. The van der Waals surface area contributed by atoms with Crippen molar-refractivity contribution in [1.82, 2.24) is 0 Å². The van der Waals surface area contributed by atoms with Crippen molar-refractivity contribution in [1.29, 1.82) is 0 Å². The molecule has 0 aliphatic heterocycles. The number of carboxylic acids is 2. The molecular formula is C58H102O8. The summed E-state index contributed by atoms with van der Waals surface area (Å²) < 4.78 is 5.37. The minimum Gasteiger partial charge on any atom is -0.481 e. The summed E-state index contributed by atoms with van der Waals surface area (Å²) in [4.78, 5) is 66.6. The second kappa shape index (κ2) is 47.1. The fraction of sp³-hybridized carbons (Fsp3) is 0.810. The van der Waals surface area contributed by atoms with E-state index in [1.807, 2.05) is 0 Å². The summed E-state index contributed by atoms with van der Waals surface area (Å²) in [6, 6.07) is 0. The molecule has 0 saturated carbocycles. The molecule has 382 valence electrons. The van der Waals surface area contributed by atoms with Gasteiger partial charge in [-0.25, -0.2) is 4.79 Å². The van der Waals surface area contributed by atoms with Crippen molar-refractivity contribution in [3.63, 3.8) is 0 Å². The number of hydrogen-bond acceptors (Lipinski definition) is 6. The maximum Gasteiger partial charge on any atom is 0.345 e. The minimum atomic E-state index is -2.13. The lowest BCUT2D eigenvalue weighted by Crippen LogP contribution is -2.49. The Kier molecular flexibility index (Phi) is 44.9. The van der Waals surface area contributed by atoms with E-state index in [0.717, 1.165) is 103 Å². The van der Waals surface area contributed by atoms with E-state index in [2.05, 4.69) is 57.2 Å². The first-order valence-corrected chi connectivity index (χ1v) is 27.8. The number of unbranched alkanes of at least 4 members (excludes halogenated alkanes) is 32. The predicted molar refractivity (Wildman–Crippen MR) is 276 cm³/mol. The van der Waals surface area contributed by atoms with Crippen molar-refractivity contribution in [3.8, 4) is 0 Å². The predicted octanol–water partition coefficient (Wildman–Crippen LogP) is 17.3. The number of ether oxygens (including phenoxy) is 1. The number of aliphatic carboxylic acids is 2. The first-order valence-electron chi connectivity index (χ1n) is 27.8. The molecule has 0 aliphatic rings. The van der Waals surface area contributed by atoms with Gasteiger partial charge in [0.05, 0.1) is 6.42 Å². The number of esters is 1. The summed E-state index contributed by atoms with van der Waals surface area (Å²) in [5.74, 6) is -5.27. The van der Waals surface area contributed by atoms with E-state index < -0.39 is 47.4 Å². The van der Waals surface area contributed by atoms with Crippen LogP contribution in [0.5, 0.6) is 0 Å². The van der Waals surface area contributed by atoms with Gasteiger partial charge in [0.25, 0.3) is 0 Å². The molecule has 0 heterocycles. The fourth-order valence-corrected chi connectivity index (χ4v) is 8.76. The summed E-state index contributed by atoms with van der Waals surface area (Å²) in [5, 5.41) is 19.2. The summed E-state index contributed by atoms with van der Waals surface area (Å²) in [6.45, 7) is 6.71. The van der Waals surface area contributed by atoms with Gasteiger partial charge in [-0.3, -0.25) is 19.2 Å². The molecule has 0 bridgehead atoms. The van der Waals surface area contributed by atoms with Gasteiger partial charge in [0.15, 0.2) is 17.0 Å². The van der Waals surface area contributed by atoms with Crippen molar-refractivity contribution < 1.29 is 38.9 Å². The monoisotopic (exact) mass is 927 g/mol. The normalized spacial score (nSPS) is 13.2. The molecule has 0 fully saturated rings. The van der Waals surface area contributed by atoms with Gasteiger partial charge in [-0.1, -0.05) is 211 Å². The highest BCUT2D eigenvalue weighted by atomic mass is 16.6. The van der Waals surface area contributed by atoms with Gasteiger partial charge < -0.3 is 14.9 Å². The van der Waals surface area contributed by atoms with E-state index in [1.54, 1.807) is 0 Å². The van der Waals surface area contributed by atoms with Crippen molar-refractivity contribution in [3.05, 3.63) is 36.5 Å². The second-order valence-corrected chi connectivity index (χ2v) is 19.2. The summed E-state index contributed by atoms with van der Waals surface area (Å²) >= 11 is 0. The Morgan fingerprint density at radius 3 is 0.955 bits per heavy atom. The molecule has 0 amide bonds. The van der Waals surface area contributed by atoms with Crippen molar-refractivity contribution in [2.75, 3.05) is 0 Å². The van der Waals surface area contributed by atoms with Crippen LogP contribution in [0.2, 0.25) is 0 Å². The highest BCUT2D eigenvalue weighted by molar-refractivity contribution is 6.22. The van der Waals surface area contributed by atoms with Crippen LogP contribution in [-0.4, -0.2) is 45.8 Å². The van der Waals surface area contributed by atoms with Crippen LogP contribution in [-0.2, 0) is 28.7 Å². The first-order chi connectivity index (χ1) is 32.2. The zero-order valence-electron chi connectivity index (χ0n) is 43.1. The Morgan fingerprint density at radius 2 is 0.667 bits per heavy atom. The maximum absolute atomic E-state index is 14.4. The Hall–Kier alpha value is -3.03. The molecular weight excluding hydrogens is 825 g/mol. The number of ketones is 2. The molecule has 0 aromatic carbocycles. The molecule has 2 N–H and O–H groups in total. The molecule has 1 atom stereocenters. The number of rotatable bonds is 51. The van der Waals surface area contributed by atoms with E-state index in [1.165, 1.54) is 116 Å². The average Bonchev–Trinajstić information content (AvgIpc) is 3.29. The molecule has 0 spiro atoms. The lowest BCUT2D eigenvalue weighted by Gasteiger charge is -2.30. The van der Waals surface area contributed by atoms with E-state index in [4.69, 9.17) is 4.74 Å². The Labute approximate surface area is 405 Å². The van der Waals surface area contributed by atoms with E-state index in [0.29, 0.717) is 25.7 Å². The highest BCUT2D eigenvalue weighted by Crippen LogP contribution is 2.35. The van der Waals surface area contributed by atoms with Crippen LogP contribution in [0, 0.1) is 5.41 Å². The molecule has 8 heteroatoms. The molecule has 1 unspecified atom stereocenters. The zero-order chi connectivity index (χ0) is 48.6. The van der Waals surface area contributed by atoms with E-state index in [9.17, 15) is 34.2 Å². The zero-order valence-corrected chi connectivity index (χ0v) is 43.1. The highest BCUT2D eigenvalue weighted by Gasteiger charge is 2.52. The van der Waals surface area contributed by atoms with Gasteiger partial charge in [-0.2, -0.15) is 0 Å². The number of carbonyl (C=O) groups excluding carboxylic acids is 3. The molecule has 0 radical (unpaired) electrons. The molecule has 0 aromatic rings. The Balaban J connectivity index is 5.54.